The van der Waals surface area contributed by atoms with Crippen molar-refractivity contribution in [3.63, 3.8) is 0 Å². The minimum absolute atomic E-state index is 0.0261. The number of hydrogen-bond acceptors (Lipinski definition) is 5. The Labute approximate surface area is 110 Å². The van der Waals surface area contributed by atoms with Gasteiger partial charge in [-0.25, -0.2) is 0 Å². The molecule has 0 aliphatic carbocycles. The molecule has 0 bridgehead atoms. The monoisotopic (exact) mass is 289 g/mol. The number of carboxylic acids is 1. The maximum Gasteiger partial charge on any atom is 0.322 e. The first-order valence-electron chi connectivity index (χ1n) is 5.89. The van der Waals surface area contributed by atoms with Gasteiger partial charge in [0.2, 0.25) is 0 Å². The molecular weight excluding hydrogens is 274 g/mol. The van der Waals surface area contributed by atoms with E-state index in [-0.39, 0.29) is 13.1 Å². The molecule has 1 aromatic rings. The minimum atomic E-state index is -3.83. The van der Waals surface area contributed by atoms with Crippen molar-refractivity contribution in [1.82, 2.24) is 14.2 Å². The third kappa shape index (κ3) is 3.31. The predicted octanol–water partition coefficient (Wildman–Crippen LogP) is -0.0519. The molecule has 1 aromatic heterocycles. The third-order valence-electron chi connectivity index (χ3n) is 2.97. The number of hydrogen-bond donors (Lipinski definition) is 2. The van der Waals surface area contributed by atoms with E-state index in [1.807, 2.05) is 0 Å². The Morgan fingerprint density at radius 1 is 1.58 bits per heavy atom. The molecule has 1 fully saturated rings. The predicted molar refractivity (Wildman–Crippen MR) is 64.2 cm³/mol. The van der Waals surface area contributed by atoms with Crippen LogP contribution in [0.3, 0.4) is 0 Å². The maximum atomic E-state index is 12.1. The van der Waals surface area contributed by atoms with Gasteiger partial charge in [-0.1, -0.05) is 5.16 Å². The number of piperidine rings is 1. The molecule has 2 rings (SSSR count). The first-order chi connectivity index (χ1) is 9.00. The summed E-state index contributed by atoms with van der Waals surface area (Å²) in [6.45, 7) is 0.187. The van der Waals surface area contributed by atoms with E-state index in [9.17, 15) is 13.2 Å². The summed E-state index contributed by atoms with van der Waals surface area (Å²) in [5, 5.41) is 12.6. The van der Waals surface area contributed by atoms with E-state index in [1.54, 1.807) is 0 Å². The van der Waals surface area contributed by atoms with Crippen LogP contribution in [0.5, 0.6) is 0 Å². The van der Waals surface area contributed by atoms with Gasteiger partial charge in [-0.2, -0.15) is 17.4 Å². The van der Waals surface area contributed by atoms with Crippen molar-refractivity contribution in [3.8, 4) is 0 Å². The van der Waals surface area contributed by atoms with E-state index in [0.717, 1.165) is 4.31 Å². The Hall–Kier alpha value is -1.45. The number of aromatic nitrogens is 1. The average Bonchev–Trinajstić information content (AvgIpc) is 2.89. The van der Waals surface area contributed by atoms with Gasteiger partial charge in [0.15, 0.2) is 0 Å². The smallest absolute Gasteiger partial charge is 0.322 e. The fourth-order valence-corrected chi connectivity index (χ4v) is 3.41. The molecule has 9 heteroatoms. The molecule has 1 atom stereocenters. The van der Waals surface area contributed by atoms with Gasteiger partial charge in [-0.3, -0.25) is 4.79 Å². The zero-order valence-electron chi connectivity index (χ0n) is 10.2. The van der Waals surface area contributed by atoms with Gasteiger partial charge < -0.3 is 9.63 Å². The van der Waals surface area contributed by atoms with Gasteiger partial charge in [-0.15, -0.1) is 0 Å². The normalized spacial score (nSPS) is 21.4. The van der Waals surface area contributed by atoms with Crippen LogP contribution < -0.4 is 4.72 Å². The van der Waals surface area contributed by atoms with Crippen LogP contribution in [0.25, 0.3) is 0 Å². The van der Waals surface area contributed by atoms with Crippen LogP contribution >= 0.6 is 0 Å². The number of aliphatic carboxylic acids is 1. The second kappa shape index (κ2) is 5.68. The molecule has 0 saturated carbocycles. The van der Waals surface area contributed by atoms with Crippen LogP contribution in [-0.2, 0) is 21.5 Å². The minimum Gasteiger partial charge on any atom is -0.480 e. The van der Waals surface area contributed by atoms with Crippen molar-refractivity contribution < 1.29 is 22.8 Å². The lowest BCUT2D eigenvalue weighted by atomic mass is 10.1. The number of carbonyl (C=O) groups is 1. The van der Waals surface area contributed by atoms with Crippen LogP contribution in [0.2, 0.25) is 0 Å². The summed E-state index contributed by atoms with van der Waals surface area (Å²) in [5.74, 6) is -1.12. The Balaban J connectivity index is 2.06. The topological polar surface area (TPSA) is 113 Å². The molecule has 1 saturated heterocycles. The van der Waals surface area contributed by atoms with Gasteiger partial charge in [0.05, 0.1) is 12.2 Å². The highest BCUT2D eigenvalue weighted by Crippen LogP contribution is 2.20. The largest absolute Gasteiger partial charge is 0.480 e. The quantitative estimate of drug-likeness (QED) is 0.785. The molecular formula is C10H15N3O5S. The lowest BCUT2D eigenvalue weighted by molar-refractivity contribution is -0.142. The van der Waals surface area contributed by atoms with Crippen molar-refractivity contribution in [2.24, 2.45) is 0 Å². The van der Waals surface area contributed by atoms with Crippen molar-refractivity contribution >= 4 is 16.2 Å². The highest BCUT2D eigenvalue weighted by molar-refractivity contribution is 7.87. The zero-order chi connectivity index (χ0) is 13.9. The van der Waals surface area contributed by atoms with E-state index in [1.165, 1.54) is 12.3 Å². The fourth-order valence-electron chi connectivity index (χ4n) is 2.02. The number of nitrogens with zero attached hydrogens (tertiary/aromatic N) is 2. The number of carboxylic acid groups (broad SMARTS) is 1. The zero-order valence-corrected chi connectivity index (χ0v) is 11.0. The van der Waals surface area contributed by atoms with E-state index < -0.39 is 22.2 Å². The Bertz CT molecular complexity index is 527. The molecule has 0 radical (unpaired) electrons. The van der Waals surface area contributed by atoms with Crippen LogP contribution in [0.15, 0.2) is 16.9 Å². The van der Waals surface area contributed by atoms with Crippen molar-refractivity contribution in [2.75, 3.05) is 6.54 Å². The summed E-state index contributed by atoms with van der Waals surface area (Å²) in [7, 11) is -3.83. The van der Waals surface area contributed by atoms with Gasteiger partial charge in [0.1, 0.15) is 12.3 Å². The first-order valence-corrected chi connectivity index (χ1v) is 7.33. The highest BCUT2D eigenvalue weighted by atomic mass is 32.2. The lowest BCUT2D eigenvalue weighted by Crippen LogP contribution is -2.51. The standard InChI is InChI=1S/C10H15N3O5S/c14-10(15)9-3-1-2-5-13(9)19(16,17)11-7-8-4-6-18-12-8/h4,6,9,11H,1-3,5,7H2,(H,14,15). The summed E-state index contributed by atoms with van der Waals surface area (Å²) in [6.07, 6.45) is 3.05. The second-order valence-corrected chi connectivity index (χ2v) is 5.99. The molecule has 0 amide bonds. The molecule has 19 heavy (non-hydrogen) atoms. The van der Waals surface area contributed by atoms with Gasteiger partial charge >= 0.3 is 5.97 Å². The van der Waals surface area contributed by atoms with Gasteiger partial charge in [0, 0.05) is 12.6 Å². The molecule has 1 aliphatic rings. The highest BCUT2D eigenvalue weighted by Gasteiger charge is 2.36. The lowest BCUT2D eigenvalue weighted by Gasteiger charge is -2.31. The molecule has 2 heterocycles. The Kier molecular flexibility index (Phi) is 4.17. The van der Waals surface area contributed by atoms with E-state index in [4.69, 9.17) is 5.11 Å². The molecule has 2 N–H and O–H groups in total. The molecule has 0 spiro atoms. The van der Waals surface area contributed by atoms with Gasteiger partial charge in [-0.05, 0) is 19.3 Å². The summed E-state index contributed by atoms with van der Waals surface area (Å²) in [6, 6.07) is 0.538. The average molecular weight is 289 g/mol. The van der Waals surface area contributed by atoms with Crippen LogP contribution in [-0.4, -0.2) is 41.5 Å². The first kappa shape index (κ1) is 14.0. The fraction of sp³-hybridized carbons (Fsp3) is 0.600. The number of rotatable bonds is 5. The molecule has 0 aromatic carbocycles. The third-order valence-corrected chi connectivity index (χ3v) is 4.54. The van der Waals surface area contributed by atoms with Gasteiger partial charge in [0.25, 0.3) is 10.2 Å². The van der Waals surface area contributed by atoms with E-state index in [2.05, 4.69) is 14.4 Å². The molecule has 1 aliphatic heterocycles. The Morgan fingerprint density at radius 2 is 2.37 bits per heavy atom. The Morgan fingerprint density at radius 3 is 3.00 bits per heavy atom. The SMILES string of the molecule is O=C(O)C1CCCCN1S(=O)(=O)NCc1ccon1. The van der Waals surface area contributed by atoms with Crippen molar-refractivity contribution in [1.29, 1.82) is 0 Å². The van der Waals surface area contributed by atoms with Crippen molar-refractivity contribution in [2.45, 2.75) is 31.8 Å². The maximum absolute atomic E-state index is 12.1. The molecule has 8 nitrogen and oxygen atoms in total. The second-order valence-electron chi connectivity index (χ2n) is 4.28. The molecule has 1 unspecified atom stereocenters. The summed E-state index contributed by atoms with van der Waals surface area (Å²) in [4.78, 5) is 11.1. The number of nitrogens with one attached hydrogen (secondary N) is 1. The van der Waals surface area contributed by atoms with E-state index >= 15 is 0 Å². The summed E-state index contributed by atoms with van der Waals surface area (Å²) >= 11 is 0. The van der Waals surface area contributed by atoms with Crippen LogP contribution in [0.1, 0.15) is 25.0 Å². The van der Waals surface area contributed by atoms with Crippen molar-refractivity contribution in [3.05, 3.63) is 18.0 Å². The summed E-state index contributed by atoms with van der Waals surface area (Å²) < 4.78 is 32.1. The van der Waals surface area contributed by atoms with Crippen LogP contribution in [0.4, 0.5) is 0 Å². The molecule has 106 valence electrons. The van der Waals surface area contributed by atoms with Crippen LogP contribution in [0, 0.1) is 0 Å². The summed E-state index contributed by atoms with van der Waals surface area (Å²) in [5.41, 5.74) is 0.437. The van der Waals surface area contributed by atoms with E-state index in [0.29, 0.717) is 25.0 Å².